The number of aromatic nitrogens is 4. The highest BCUT2D eigenvalue weighted by atomic mass is 16.5. The van der Waals surface area contributed by atoms with Gasteiger partial charge in [0.05, 0.1) is 20.0 Å². The molecule has 3 heterocycles. The number of carbonyl (C=O) groups excluding carboxylic acids is 1. The van der Waals surface area contributed by atoms with E-state index in [4.69, 9.17) is 9.26 Å². The summed E-state index contributed by atoms with van der Waals surface area (Å²) in [4.78, 5) is 25.3. The van der Waals surface area contributed by atoms with Gasteiger partial charge in [0.15, 0.2) is 0 Å². The molecule has 1 aliphatic rings. The van der Waals surface area contributed by atoms with E-state index in [1.54, 1.807) is 19.6 Å². The molecular weight excluding hydrogens is 372 g/mol. The third kappa shape index (κ3) is 4.29. The van der Waals surface area contributed by atoms with Crippen LogP contribution in [0.5, 0.6) is 5.75 Å². The van der Waals surface area contributed by atoms with E-state index in [1.807, 2.05) is 46.9 Å². The molecule has 1 fully saturated rings. The fourth-order valence-corrected chi connectivity index (χ4v) is 3.38. The van der Waals surface area contributed by atoms with Crippen LogP contribution < -0.4 is 4.74 Å². The molecule has 1 aliphatic heterocycles. The Morgan fingerprint density at radius 2 is 1.97 bits per heavy atom. The Morgan fingerprint density at radius 3 is 2.62 bits per heavy atom. The summed E-state index contributed by atoms with van der Waals surface area (Å²) in [5.41, 5.74) is 0.879. The Labute approximate surface area is 168 Å². The largest absolute Gasteiger partial charge is 0.497 e. The lowest BCUT2D eigenvalue weighted by Gasteiger charge is -2.35. The zero-order valence-electron chi connectivity index (χ0n) is 16.6. The summed E-state index contributed by atoms with van der Waals surface area (Å²) in [5, 5.41) is 4.08. The summed E-state index contributed by atoms with van der Waals surface area (Å²) in [6.07, 6.45) is 5.18. The van der Waals surface area contributed by atoms with Crippen LogP contribution in [0.1, 0.15) is 18.9 Å². The normalized spacial score (nSPS) is 16.0. The first kappa shape index (κ1) is 19.1. The van der Waals surface area contributed by atoms with Crippen LogP contribution >= 0.6 is 0 Å². The topological polar surface area (TPSA) is 89.5 Å². The van der Waals surface area contributed by atoms with E-state index in [0.717, 1.165) is 24.4 Å². The van der Waals surface area contributed by atoms with Crippen molar-refractivity contribution in [1.29, 1.82) is 0 Å². The molecule has 9 heteroatoms. The zero-order valence-corrected chi connectivity index (χ0v) is 16.6. The number of benzene rings is 1. The van der Waals surface area contributed by atoms with Crippen molar-refractivity contribution in [3.05, 3.63) is 48.9 Å². The van der Waals surface area contributed by atoms with Crippen molar-refractivity contribution in [2.24, 2.45) is 0 Å². The Balaban J connectivity index is 1.31. The molecule has 9 nitrogen and oxygen atoms in total. The fraction of sp³-hybridized carbons (Fsp3) is 0.400. The average Bonchev–Trinajstić information content (AvgIpc) is 3.46. The third-order valence-corrected chi connectivity index (χ3v) is 5.19. The van der Waals surface area contributed by atoms with Crippen molar-refractivity contribution < 1.29 is 14.1 Å². The molecule has 0 unspecified atom stereocenters. The fourth-order valence-electron chi connectivity index (χ4n) is 3.38. The Bertz CT molecular complexity index is 930. The van der Waals surface area contributed by atoms with Gasteiger partial charge in [-0.05, 0) is 31.2 Å². The molecule has 0 saturated carbocycles. The number of hydrogen-bond donors (Lipinski definition) is 0. The minimum atomic E-state index is -0.243. The molecule has 0 spiro atoms. The summed E-state index contributed by atoms with van der Waals surface area (Å²) in [6, 6.07) is 7.30. The molecule has 152 valence electrons. The van der Waals surface area contributed by atoms with Crippen LogP contribution in [0.2, 0.25) is 0 Å². The van der Waals surface area contributed by atoms with Gasteiger partial charge in [-0.25, -0.2) is 4.98 Å². The number of rotatable bonds is 6. The second-order valence-corrected chi connectivity index (χ2v) is 7.03. The second kappa shape index (κ2) is 8.44. The van der Waals surface area contributed by atoms with Crippen molar-refractivity contribution in [2.45, 2.75) is 19.5 Å². The van der Waals surface area contributed by atoms with Gasteiger partial charge in [-0.2, -0.15) is 4.98 Å². The smallest absolute Gasteiger partial charge is 0.245 e. The first-order chi connectivity index (χ1) is 14.1. The Kier molecular flexibility index (Phi) is 5.57. The van der Waals surface area contributed by atoms with Gasteiger partial charge in [0.2, 0.25) is 17.6 Å². The molecule has 2 aromatic heterocycles. The van der Waals surface area contributed by atoms with Crippen LogP contribution in [-0.2, 0) is 11.3 Å². The van der Waals surface area contributed by atoms with E-state index < -0.39 is 0 Å². The van der Waals surface area contributed by atoms with Gasteiger partial charge in [0.25, 0.3) is 0 Å². The van der Waals surface area contributed by atoms with Crippen molar-refractivity contribution in [2.75, 3.05) is 33.3 Å². The highest BCUT2D eigenvalue weighted by Crippen LogP contribution is 2.20. The van der Waals surface area contributed by atoms with Crippen LogP contribution in [0.3, 0.4) is 0 Å². The van der Waals surface area contributed by atoms with Gasteiger partial charge in [-0.1, -0.05) is 5.16 Å². The number of nitrogens with zero attached hydrogens (tertiary/aromatic N) is 6. The molecule has 0 radical (unpaired) electrons. The SMILES string of the molecule is COc1ccc(-c2noc(CN3CCN(C(=O)[C@@H](C)n4ccnc4)CC3)n2)cc1. The molecular formula is C20H24N6O3. The molecule has 0 N–H and O–H groups in total. The molecule has 1 aromatic carbocycles. The van der Waals surface area contributed by atoms with E-state index in [-0.39, 0.29) is 11.9 Å². The number of methoxy groups -OCH3 is 1. The van der Waals surface area contributed by atoms with E-state index in [2.05, 4.69) is 20.0 Å². The van der Waals surface area contributed by atoms with E-state index >= 15 is 0 Å². The van der Waals surface area contributed by atoms with Gasteiger partial charge in [-0.3, -0.25) is 9.69 Å². The molecule has 3 aromatic rings. The molecule has 0 bridgehead atoms. The minimum Gasteiger partial charge on any atom is -0.497 e. The summed E-state index contributed by atoms with van der Waals surface area (Å²) in [7, 11) is 1.63. The first-order valence-electron chi connectivity index (χ1n) is 9.59. The number of piperazine rings is 1. The monoisotopic (exact) mass is 396 g/mol. The summed E-state index contributed by atoms with van der Waals surface area (Å²) < 4.78 is 12.4. The van der Waals surface area contributed by atoms with Gasteiger partial charge in [0.1, 0.15) is 11.8 Å². The molecule has 1 amide bonds. The Morgan fingerprint density at radius 1 is 1.21 bits per heavy atom. The quantitative estimate of drug-likeness (QED) is 0.628. The lowest BCUT2D eigenvalue weighted by Crippen LogP contribution is -2.49. The van der Waals surface area contributed by atoms with Gasteiger partial charge < -0.3 is 18.7 Å². The number of hydrogen-bond acceptors (Lipinski definition) is 7. The van der Waals surface area contributed by atoms with Crippen molar-refractivity contribution in [1.82, 2.24) is 29.5 Å². The van der Waals surface area contributed by atoms with Crippen LogP contribution in [0.15, 0.2) is 47.5 Å². The van der Waals surface area contributed by atoms with Crippen LogP contribution in [0.25, 0.3) is 11.4 Å². The van der Waals surface area contributed by atoms with Crippen molar-refractivity contribution in [3.8, 4) is 17.1 Å². The predicted octanol–water partition coefficient (Wildman–Crippen LogP) is 1.85. The van der Waals surface area contributed by atoms with E-state index in [1.165, 1.54) is 0 Å². The van der Waals surface area contributed by atoms with Gasteiger partial charge >= 0.3 is 0 Å². The first-order valence-corrected chi connectivity index (χ1v) is 9.59. The molecule has 29 heavy (non-hydrogen) atoms. The summed E-state index contributed by atoms with van der Waals surface area (Å²) in [5.74, 6) is 2.03. The van der Waals surface area contributed by atoms with Gasteiger partial charge in [0, 0.05) is 44.1 Å². The Hall–Kier alpha value is -3.20. The molecule has 0 aliphatic carbocycles. The lowest BCUT2D eigenvalue weighted by atomic mass is 10.2. The van der Waals surface area contributed by atoms with Crippen LogP contribution in [-0.4, -0.2) is 68.7 Å². The maximum absolute atomic E-state index is 12.7. The standard InChI is InChI=1S/C20H24N6O3/c1-15(26-8-7-21-14-26)20(27)25-11-9-24(10-12-25)13-18-22-19(23-29-18)16-3-5-17(28-2)6-4-16/h3-8,14-15H,9-13H2,1-2H3/t15-/m1/s1. The highest BCUT2D eigenvalue weighted by Gasteiger charge is 2.26. The number of carbonyl (C=O) groups is 1. The second-order valence-electron chi connectivity index (χ2n) is 7.03. The van der Waals surface area contributed by atoms with Crippen LogP contribution in [0.4, 0.5) is 0 Å². The number of amides is 1. The van der Waals surface area contributed by atoms with E-state index in [0.29, 0.717) is 31.3 Å². The minimum absolute atomic E-state index is 0.113. The average molecular weight is 396 g/mol. The molecule has 1 atom stereocenters. The third-order valence-electron chi connectivity index (χ3n) is 5.19. The molecule has 1 saturated heterocycles. The van der Waals surface area contributed by atoms with Crippen molar-refractivity contribution >= 4 is 5.91 Å². The van der Waals surface area contributed by atoms with E-state index in [9.17, 15) is 4.79 Å². The maximum atomic E-state index is 12.7. The zero-order chi connectivity index (χ0) is 20.2. The van der Waals surface area contributed by atoms with Gasteiger partial charge in [-0.15, -0.1) is 0 Å². The number of ether oxygens (including phenoxy) is 1. The summed E-state index contributed by atoms with van der Waals surface area (Å²) >= 11 is 0. The predicted molar refractivity (Wildman–Crippen MR) is 105 cm³/mol. The summed E-state index contributed by atoms with van der Waals surface area (Å²) in [6.45, 7) is 5.36. The lowest BCUT2D eigenvalue weighted by molar-refractivity contribution is -0.136. The number of imidazole rings is 1. The molecule has 4 rings (SSSR count). The highest BCUT2D eigenvalue weighted by molar-refractivity contribution is 5.80. The maximum Gasteiger partial charge on any atom is 0.245 e. The van der Waals surface area contributed by atoms with Crippen molar-refractivity contribution in [3.63, 3.8) is 0 Å². The van der Waals surface area contributed by atoms with Crippen LogP contribution in [0, 0.1) is 0 Å².